The molecule has 112 valence electrons. The Morgan fingerprint density at radius 3 is 2.60 bits per heavy atom. The van der Waals surface area contributed by atoms with Gasteiger partial charge in [-0.2, -0.15) is 0 Å². The Morgan fingerprint density at radius 2 is 2.05 bits per heavy atom. The van der Waals surface area contributed by atoms with E-state index in [0.29, 0.717) is 12.1 Å². The van der Waals surface area contributed by atoms with Crippen molar-refractivity contribution in [3.8, 4) is 0 Å². The standard InChI is InChI=1S/C11H15FN2O4S2/c1-19(15,16)14-11-6-8(2-3-10(11)12)13-9-4-5-20(17,18)7-9/h2-3,6,9,13-14H,4-5,7H2,1H3. The molecule has 20 heavy (non-hydrogen) atoms. The highest BCUT2D eigenvalue weighted by Gasteiger charge is 2.27. The first kappa shape index (κ1) is 15.0. The fourth-order valence-corrected chi connectivity index (χ4v) is 4.27. The van der Waals surface area contributed by atoms with E-state index in [0.717, 1.165) is 12.3 Å². The van der Waals surface area contributed by atoms with Crippen LogP contribution in [-0.2, 0) is 19.9 Å². The lowest BCUT2D eigenvalue weighted by Gasteiger charge is -2.14. The molecule has 1 atom stereocenters. The largest absolute Gasteiger partial charge is 0.381 e. The molecule has 6 nitrogen and oxygen atoms in total. The zero-order valence-electron chi connectivity index (χ0n) is 10.8. The molecule has 1 aromatic carbocycles. The Labute approximate surface area is 117 Å². The van der Waals surface area contributed by atoms with Crippen molar-refractivity contribution < 1.29 is 21.2 Å². The maximum atomic E-state index is 13.5. The van der Waals surface area contributed by atoms with Crippen LogP contribution in [0.4, 0.5) is 15.8 Å². The normalized spacial score (nSPS) is 21.6. The number of rotatable bonds is 4. The average molecular weight is 322 g/mol. The van der Waals surface area contributed by atoms with E-state index >= 15 is 0 Å². The molecule has 1 saturated heterocycles. The summed E-state index contributed by atoms with van der Waals surface area (Å²) in [7, 11) is -6.59. The topological polar surface area (TPSA) is 92.3 Å². The van der Waals surface area contributed by atoms with Crippen molar-refractivity contribution in [2.75, 3.05) is 27.8 Å². The highest BCUT2D eigenvalue weighted by Crippen LogP contribution is 2.23. The molecule has 1 aliphatic rings. The molecular formula is C11H15FN2O4S2. The van der Waals surface area contributed by atoms with E-state index in [-0.39, 0.29) is 23.2 Å². The quantitative estimate of drug-likeness (QED) is 0.855. The van der Waals surface area contributed by atoms with E-state index in [1.54, 1.807) is 0 Å². The fourth-order valence-electron chi connectivity index (χ4n) is 2.04. The minimum Gasteiger partial charge on any atom is -0.381 e. The van der Waals surface area contributed by atoms with Gasteiger partial charge in [-0.25, -0.2) is 21.2 Å². The summed E-state index contributed by atoms with van der Waals surface area (Å²) in [6.07, 6.45) is 1.41. The third-order valence-electron chi connectivity index (χ3n) is 2.86. The van der Waals surface area contributed by atoms with Crippen LogP contribution in [0.5, 0.6) is 0 Å². The number of sulfonamides is 1. The molecule has 1 aromatic rings. The van der Waals surface area contributed by atoms with Crippen LogP contribution in [0.1, 0.15) is 6.42 Å². The summed E-state index contributed by atoms with van der Waals surface area (Å²) in [6, 6.07) is 3.63. The monoisotopic (exact) mass is 322 g/mol. The summed E-state index contributed by atoms with van der Waals surface area (Å²) in [5, 5.41) is 2.97. The lowest BCUT2D eigenvalue weighted by molar-refractivity contribution is 0.601. The lowest BCUT2D eigenvalue weighted by atomic mass is 10.2. The molecule has 0 aliphatic carbocycles. The zero-order chi connectivity index (χ0) is 15.0. The molecular weight excluding hydrogens is 307 g/mol. The second-order valence-electron chi connectivity index (χ2n) is 4.81. The van der Waals surface area contributed by atoms with Gasteiger partial charge in [0.2, 0.25) is 10.0 Å². The van der Waals surface area contributed by atoms with Crippen molar-refractivity contribution in [3.05, 3.63) is 24.0 Å². The number of hydrogen-bond acceptors (Lipinski definition) is 5. The van der Waals surface area contributed by atoms with Crippen LogP contribution >= 0.6 is 0 Å². The van der Waals surface area contributed by atoms with Crippen molar-refractivity contribution in [2.24, 2.45) is 0 Å². The average Bonchev–Trinajstić information content (AvgIpc) is 2.61. The summed E-state index contributed by atoms with van der Waals surface area (Å²) in [4.78, 5) is 0. The molecule has 9 heteroatoms. The summed E-state index contributed by atoms with van der Waals surface area (Å²) >= 11 is 0. The van der Waals surface area contributed by atoms with Gasteiger partial charge in [0.15, 0.2) is 9.84 Å². The molecule has 0 spiro atoms. The van der Waals surface area contributed by atoms with Crippen molar-refractivity contribution in [2.45, 2.75) is 12.5 Å². The van der Waals surface area contributed by atoms with Crippen LogP contribution in [0.2, 0.25) is 0 Å². The predicted octanol–water partition coefficient (Wildman–Crippen LogP) is 0.796. The van der Waals surface area contributed by atoms with Gasteiger partial charge < -0.3 is 5.32 Å². The molecule has 1 heterocycles. The zero-order valence-corrected chi connectivity index (χ0v) is 12.4. The number of benzene rings is 1. The van der Waals surface area contributed by atoms with E-state index in [1.807, 2.05) is 0 Å². The SMILES string of the molecule is CS(=O)(=O)Nc1cc(NC2CCS(=O)(=O)C2)ccc1F. The van der Waals surface area contributed by atoms with E-state index < -0.39 is 25.7 Å². The lowest BCUT2D eigenvalue weighted by Crippen LogP contribution is -2.20. The van der Waals surface area contributed by atoms with Gasteiger partial charge in [-0.05, 0) is 24.6 Å². The van der Waals surface area contributed by atoms with Gasteiger partial charge in [-0.15, -0.1) is 0 Å². The van der Waals surface area contributed by atoms with Crippen molar-refractivity contribution >= 4 is 31.2 Å². The predicted molar refractivity (Wildman–Crippen MR) is 75.5 cm³/mol. The van der Waals surface area contributed by atoms with Crippen LogP contribution in [0, 0.1) is 5.82 Å². The van der Waals surface area contributed by atoms with Crippen LogP contribution in [0.25, 0.3) is 0 Å². The number of anilines is 2. The van der Waals surface area contributed by atoms with Crippen molar-refractivity contribution in [1.82, 2.24) is 0 Å². The highest BCUT2D eigenvalue weighted by atomic mass is 32.2. The van der Waals surface area contributed by atoms with Crippen LogP contribution < -0.4 is 10.0 Å². The highest BCUT2D eigenvalue weighted by molar-refractivity contribution is 7.92. The smallest absolute Gasteiger partial charge is 0.229 e. The second-order valence-corrected chi connectivity index (χ2v) is 8.79. The summed E-state index contributed by atoms with van der Waals surface area (Å²) in [5.74, 6) is -0.542. The molecule has 0 aromatic heterocycles. The molecule has 1 unspecified atom stereocenters. The first-order valence-corrected chi connectivity index (χ1v) is 9.60. The first-order valence-electron chi connectivity index (χ1n) is 5.89. The van der Waals surface area contributed by atoms with Gasteiger partial charge in [0, 0.05) is 11.7 Å². The Hall–Kier alpha value is -1.35. The van der Waals surface area contributed by atoms with Gasteiger partial charge in [0.1, 0.15) is 5.82 Å². The van der Waals surface area contributed by atoms with Crippen LogP contribution in [-0.4, -0.2) is 40.6 Å². The Bertz CT molecular complexity index is 716. The Kier molecular flexibility index (Phi) is 3.92. The van der Waals surface area contributed by atoms with Gasteiger partial charge in [-0.3, -0.25) is 4.72 Å². The van der Waals surface area contributed by atoms with E-state index in [4.69, 9.17) is 0 Å². The van der Waals surface area contributed by atoms with Crippen molar-refractivity contribution in [3.63, 3.8) is 0 Å². The number of halogens is 1. The number of sulfone groups is 1. The fraction of sp³-hybridized carbons (Fsp3) is 0.455. The molecule has 2 rings (SSSR count). The molecule has 1 aliphatic heterocycles. The molecule has 2 N–H and O–H groups in total. The van der Waals surface area contributed by atoms with E-state index in [1.165, 1.54) is 12.1 Å². The van der Waals surface area contributed by atoms with Gasteiger partial charge in [0.05, 0.1) is 23.4 Å². The van der Waals surface area contributed by atoms with E-state index in [9.17, 15) is 21.2 Å². The minimum absolute atomic E-state index is 0.0270. The maximum absolute atomic E-state index is 13.5. The summed E-state index contributed by atoms with van der Waals surface area (Å²) in [5.41, 5.74) is 0.304. The third-order valence-corrected chi connectivity index (χ3v) is 5.22. The third kappa shape index (κ3) is 4.07. The van der Waals surface area contributed by atoms with Gasteiger partial charge in [-0.1, -0.05) is 0 Å². The Balaban J connectivity index is 2.16. The molecule has 0 bridgehead atoms. The summed E-state index contributed by atoms with van der Waals surface area (Å²) < 4.78 is 60.5. The molecule has 0 amide bonds. The second kappa shape index (κ2) is 5.21. The number of hydrogen-bond donors (Lipinski definition) is 2. The van der Waals surface area contributed by atoms with Crippen molar-refractivity contribution in [1.29, 1.82) is 0 Å². The molecule has 0 saturated carbocycles. The van der Waals surface area contributed by atoms with Crippen LogP contribution in [0.15, 0.2) is 18.2 Å². The molecule has 0 radical (unpaired) electrons. The Morgan fingerprint density at radius 1 is 1.35 bits per heavy atom. The number of nitrogens with one attached hydrogen (secondary N) is 2. The van der Waals surface area contributed by atoms with Crippen LogP contribution in [0.3, 0.4) is 0 Å². The molecule has 1 fully saturated rings. The minimum atomic E-state index is -3.58. The summed E-state index contributed by atoms with van der Waals surface area (Å²) in [6.45, 7) is 0. The van der Waals surface area contributed by atoms with Gasteiger partial charge in [0.25, 0.3) is 0 Å². The van der Waals surface area contributed by atoms with E-state index in [2.05, 4.69) is 10.0 Å². The first-order chi connectivity index (χ1) is 9.15. The maximum Gasteiger partial charge on any atom is 0.229 e. The van der Waals surface area contributed by atoms with Gasteiger partial charge >= 0.3 is 0 Å².